The quantitative estimate of drug-likeness (QED) is 0.405. The minimum atomic E-state index is -0.697. The number of ether oxygens (including phenoxy) is 2. The Morgan fingerprint density at radius 1 is 0.756 bits per heavy atom. The van der Waals surface area contributed by atoms with Gasteiger partial charge in [-0.15, -0.1) is 0 Å². The molecule has 0 bridgehead atoms. The molecule has 2 fully saturated rings. The number of Topliss-reactive ketones (excluding diaryl/α,β-unsaturated/α-hetero) is 2. The van der Waals surface area contributed by atoms with Gasteiger partial charge in [0.05, 0.1) is 5.57 Å². The molecule has 2 aromatic rings. The third-order valence-corrected chi connectivity index (χ3v) is 8.22. The summed E-state index contributed by atoms with van der Waals surface area (Å²) in [7, 11) is 0. The van der Waals surface area contributed by atoms with Crippen LogP contribution >= 0.6 is 11.6 Å². The molecule has 2 aromatic carbocycles. The van der Waals surface area contributed by atoms with Crippen molar-refractivity contribution in [3.05, 3.63) is 81.6 Å². The van der Waals surface area contributed by atoms with Crippen molar-refractivity contribution in [2.45, 2.75) is 58.0 Å². The summed E-state index contributed by atoms with van der Waals surface area (Å²) in [6, 6.07) is 14.5. The maximum Gasteiger partial charge on any atom is 0.415 e. The Kier molecular flexibility index (Phi) is 8.23. The van der Waals surface area contributed by atoms with Crippen molar-refractivity contribution in [2.75, 3.05) is 26.2 Å². The number of fused-ring (bicyclic) bond motifs is 1. The summed E-state index contributed by atoms with van der Waals surface area (Å²) in [6.45, 7) is 6.41. The lowest BCUT2D eigenvalue weighted by molar-refractivity contribution is 0.0143. The SMILES string of the molecule is CC(C)(C)OC(=O)N1CCN(C(=O)OC2=C(C3CCC(c4ccc(Cl)cc4)CC3)C(=O)c3ccccc3C2=O)CC1. The van der Waals surface area contributed by atoms with E-state index in [0.29, 0.717) is 34.9 Å². The van der Waals surface area contributed by atoms with Crippen molar-refractivity contribution < 1.29 is 28.7 Å². The molecule has 216 valence electrons. The number of ketones is 2. The number of nitrogens with zero attached hydrogens (tertiary/aromatic N) is 2. The molecule has 2 aliphatic carbocycles. The van der Waals surface area contributed by atoms with E-state index < -0.39 is 23.6 Å². The number of amides is 2. The highest BCUT2D eigenvalue weighted by Gasteiger charge is 2.40. The van der Waals surface area contributed by atoms with Crippen molar-refractivity contribution in [1.82, 2.24) is 9.80 Å². The zero-order valence-corrected chi connectivity index (χ0v) is 24.4. The topological polar surface area (TPSA) is 93.2 Å². The molecule has 0 aromatic heterocycles. The fourth-order valence-electron chi connectivity index (χ4n) is 5.84. The number of allylic oxidation sites excluding steroid dienone is 2. The van der Waals surface area contributed by atoms with Gasteiger partial charge in [0.25, 0.3) is 0 Å². The lowest BCUT2D eigenvalue weighted by atomic mass is 9.72. The second kappa shape index (κ2) is 11.7. The second-order valence-corrected chi connectivity index (χ2v) is 12.3. The van der Waals surface area contributed by atoms with Crippen LogP contribution in [0.4, 0.5) is 9.59 Å². The minimum Gasteiger partial charge on any atom is -0.444 e. The summed E-state index contributed by atoms with van der Waals surface area (Å²) in [5, 5.41) is 0.690. The molecular weight excluding hydrogens is 544 g/mol. The van der Waals surface area contributed by atoms with Crippen molar-refractivity contribution in [2.24, 2.45) is 5.92 Å². The van der Waals surface area contributed by atoms with E-state index in [4.69, 9.17) is 21.1 Å². The van der Waals surface area contributed by atoms with Crippen LogP contribution in [-0.2, 0) is 9.47 Å². The summed E-state index contributed by atoms with van der Waals surface area (Å²) in [5.74, 6) is -0.736. The Bertz CT molecular complexity index is 1380. The maximum atomic E-state index is 13.8. The molecule has 41 heavy (non-hydrogen) atoms. The van der Waals surface area contributed by atoms with Crippen LogP contribution in [0.5, 0.6) is 0 Å². The Hall–Kier alpha value is -3.65. The number of halogens is 1. The Balaban J connectivity index is 1.33. The van der Waals surface area contributed by atoms with Gasteiger partial charge < -0.3 is 19.3 Å². The van der Waals surface area contributed by atoms with Gasteiger partial charge in [-0.3, -0.25) is 9.59 Å². The first kappa shape index (κ1) is 28.9. The van der Waals surface area contributed by atoms with Gasteiger partial charge >= 0.3 is 12.2 Å². The van der Waals surface area contributed by atoms with Gasteiger partial charge in [-0.25, -0.2) is 9.59 Å². The van der Waals surface area contributed by atoms with Crippen LogP contribution in [-0.4, -0.2) is 65.3 Å². The third-order valence-electron chi connectivity index (χ3n) is 7.97. The van der Waals surface area contributed by atoms with E-state index in [2.05, 4.69) is 0 Å². The molecule has 2 amide bonds. The van der Waals surface area contributed by atoms with E-state index in [9.17, 15) is 19.2 Å². The fraction of sp³-hybridized carbons (Fsp3) is 0.438. The van der Waals surface area contributed by atoms with Crippen LogP contribution in [0.15, 0.2) is 59.9 Å². The molecule has 9 heteroatoms. The summed E-state index contributed by atoms with van der Waals surface area (Å²) in [4.78, 5) is 56.1. The van der Waals surface area contributed by atoms with Gasteiger partial charge in [0, 0.05) is 42.3 Å². The van der Waals surface area contributed by atoms with Gasteiger partial charge in [0.15, 0.2) is 11.5 Å². The Morgan fingerprint density at radius 2 is 1.27 bits per heavy atom. The van der Waals surface area contributed by atoms with Gasteiger partial charge in [-0.05, 0) is 76.0 Å². The first-order chi connectivity index (χ1) is 19.5. The second-order valence-electron chi connectivity index (χ2n) is 11.9. The molecule has 0 N–H and O–H groups in total. The Morgan fingerprint density at radius 3 is 1.83 bits per heavy atom. The van der Waals surface area contributed by atoms with E-state index in [-0.39, 0.29) is 49.2 Å². The van der Waals surface area contributed by atoms with Crippen LogP contribution in [0.1, 0.15) is 78.7 Å². The lowest BCUT2D eigenvalue weighted by Gasteiger charge is -2.36. The fourth-order valence-corrected chi connectivity index (χ4v) is 5.97. The first-order valence-corrected chi connectivity index (χ1v) is 14.5. The lowest BCUT2D eigenvalue weighted by Crippen LogP contribution is -2.52. The van der Waals surface area contributed by atoms with E-state index in [1.807, 2.05) is 24.3 Å². The van der Waals surface area contributed by atoms with Crippen molar-refractivity contribution >= 4 is 35.4 Å². The number of benzene rings is 2. The summed E-state index contributed by atoms with van der Waals surface area (Å²) in [6.07, 6.45) is 1.93. The van der Waals surface area contributed by atoms with Gasteiger partial charge in [-0.2, -0.15) is 0 Å². The number of rotatable bonds is 3. The average molecular weight is 579 g/mol. The van der Waals surface area contributed by atoms with E-state index in [1.165, 1.54) is 10.5 Å². The molecule has 0 radical (unpaired) electrons. The summed E-state index contributed by atoms with van der Waals surface area (Å²) >= 11 is 6.06. The number of hydrogen-bond acceptors (Lipinski definition) is 6. The molecule has 1 aliphatic heterocycles. The monoisotopic (exact) mass is 578 g/mol. The highest BCUT2D eigenvalue weighted by Crippen LogP contribution is 2.42. The largest absolute Gasteiger partial charge is 0.444 e. The standard InChI is InChI=1S/C32H35ClN2O6/c1-32(2,3)41-31(39)35-18-16-34(17-19-35)30(38)40-29-26(27(36)24-6-4-5-7-25(24)28(29)37)22-10-8-20(9-11-22)21-12-14-23(33)15-13-21/h4-7,12-15,20,22H,8-11,16-19H2,1-3H3. The van der Waals surface area contributed by atoms with Crippen molar-refractivity contribution in [3.63, 3.8) is 0 Å². The number of hydrogen-bond donors (Lipinski definition) is 0. The maximum absolute atomic E-state index is 13.8. The van der Waals surface area contributed by atoms with Crippen LogP contribution in [0.25, 0.3) is 0 Å². The zero-order chi connectivity index (χ0) is 29.3. The number of piperazine rings is 1. The van der Waals surface area contributed by atoms with Gasteiger partial charge in [0.2, 0.25) is 5.78 Å². The molecule has 1 heterocycles. The van der Waals surface area contributed by atoms with Crippen LogP contribution in [0, 0.1) is 5.92 Å². The predicted octanol–water partition coefficient (Wildman–Crippen LogP) is 6.64. The zero-order valence-electron chi connectivity index (χ0n) is 23.7. The van der Waals surface area contributed by atoms with Gasteiger partial charge in [0.1, 0.15) is 5.60 Å². The summed E-state index contributed by atoms with van der Waals surface area (Å²) < 4.78 is 11.2. The molecule has 0 unspecified atom stereocenters. The molecule has 0 spiro atoms. The molecule has 1 saturated carbocycles. The van der Waals surface area contributed by atoms with Crippen molar-refractivity contribution in [1.29, 1.82) is 0 Å². The van der Waals surface area contributed by atoms with E-state index in [0.717, 1.165) is 12.8 Å². The molecule has 5 rings (SSSR count). The normalized spacial score (nSPS) is 21.5. The molecular formula is C32H35ClN2O6. The minimum absolute atomic E-state index is 0.164. The van der Waals surface area contributed by atoms with Crippen molar-refractivity contribution in [3.8, 4) is 0 Å². The van der Waals surface area contributed by atoms with Crippen LogP contribution in [0.2, 0.25) is 5.02 Å². The van der Waals surface area contributed by atoms with E-state index in [1.54, 1.807) is 49.9 Å². The Labute approximate surface area is 245 Å². The van der Waals surface area contributed by atoms with Gasteiger partial charge in [-0.1, -0.05) is 48.0 Å². The van der Waals surface area contributed by atoms with Crippen LogP contribution < -0.4 is 0 Å². The molecule has 1 saturated heterocycles. The van der Waals surface area contributed by atoms with Crippen LogP contribution in [0.3, 0.4) is 0 Å². The highest BCUT2D eigenvalue weighted by molar-refractivity contribution is 6.30. The first-order valence-electron chi connectivity index (χ1n) is 14.1. The molecule has 0 atom stereocenters. The third kappa shape index (κ3) is 6.32. The molecule has 8 nitrogen and oxygen atoms in total. The summed E-state index contributed by atoms with van der Waals surface area (Å²) in [5.41, 5.74) is 1.47. The smallest absolute Gasteiger partial charge is 0.415 e. The average Bonchev–Trinajstić information content (AvgIpc) is 2.96. The number of carbonyl (C=O) groups is 4. The highest BCUT2D eigenvalue weighted by atomic mass is 35.5. The molecule has 3 aliphatic rings. The number of carbonyl (C=O) groups excluding carboxylic acids is 4. The predicted molar refractivity (Wildman–Crippen MR) is 154 cm³/mol. The van der Waals surface area contributed by atoms with E-state index >= 15 is 0 Å².